The van der Waals surface area contributed by atoms with Gasteiger partial charge in [-0.3, -0.25) is 9.59 Å². The maximum atomic E-state index is 12.1. The van der Waals surface area contributed by atoms with Crippen molar-refractivity contribution < 1.29 is 14.3 Å². The summed E-state index contributed by atoms with van der Waals surface area (Å²) >= 11 is 1.54. The Kier molecular flexibility index (Phi) is 5.76. The molecule has 122 valence electrons. The lowest BCUT2D eigenvalue weighted by molar-refractivity contribution is -0.115. The molecule has 1 aromatic heterocycles. The molecule has 0 spiro atoms. The largest absolute Gasteiger partial charge is 0.492 e. The van der Waals surface area contributed by atoms with Crippen LogP contribution in [0.1, 0.15) is 22.2 Å². The van der Waals surface area contributed by atoms with Crippen molar-refractivity contribution in [3.8, 4) is 5.75 Å². The average molecular weight is 332 g/mol. The summed E-state index contributed by atoms with van der Waals surface area (Å²) in [6, 6.07) is 8.89. The standard InChI is InChI=1S/C17H20N2O3S/c1-4-22-15-10-12(17(21)19(2)3)7-8-14(15)18-16(20)11-13-6-5-9-23-13/h5-10H,4,11H2,1-3H3,(H,18,20). The Labute approximate surface area is 139 Å². The Hall–Kier alpha value is -2.34. The van der Waals surface area contributed by atoms with Gasteiger partial charge in [-0.05, 0) is 36.6 Å². The molecule has 0 bridgehead atoms. The van der Waals surface area contributed by atoms with E-state index < -0.39 is 0 Å². The second-order valence-electron chi connectivity index (χ2n) is 5.15. The summed E-state index contributed by atoms with van der Waals surface area (Å²) in [5.74, 6) is 0.280. The van der Waals surface area contributed by atoms with E-state index in [2.05, 4.69) is 5.32 Å². The molecule has 2 amide bonds. The van der Waals surface area contributed by atoms with Crippen LogP contribution < -0.4 is 10.1 Å². The first kappa shape index (κ1) is 17.0. The van der Waals surface area contributed by atoms with Crippen LogP contribution in [-0.4, -0.2) is 37.4 Å². The molecule has 1 heterocycles. The number of benzene rings is 1. The van der Waals surface area contributed by atoms with Crippen LogP contribution in [0.15, 0.2) is 35.7 Å². The van der Waals surface area contributed by atoms with E-state index in [0.717, 1.165) is 4.88 Å². The molecule has 0 unspecified atom stereocenters. The lowest BCUT2D eigenvalue weighted by atomic mass is 10.1. The van der Waals surface area contributed by atoms with Crippen LogP contribution in [0.5, 0.6) is 5.75 Å². The Morgan fingerprint density at radius 3 is 2.65 bits per heavy atom. The molecule has 0 aliphatic heterocycles. The predicted molar refractivity (Wildman–Crippen MR) is 92.3 cm³/mol. The number of rotatable bonds is 6. The number of anilines is 1. The minimum Gasteiger partial charge on any atom is -0.492 e. The number of thiophene rings is 1. The third-order valence-corrected chi connectivity index (χ3v) is 4.00. The van der Waals surface area contributed by atoms with Crippen LogP contribution in [0.25, 0.3) is 0 Å². The van der Waals surface area contributed by atoms with Crippen LogP contribution in [-0.2, 0) is 11.2 Å². The zero-order valence-corrected chi connectivity index (χ0v) is 14.3. The SMILES string of the molecule is CCOc1cc(C(=O)N(C)C)ccc1NC(=O)Cc1cccs1. The molecule has 0 aliphatic carbocycles. The van der Waals surface area contributed by atoms with Crippen LogP contribution >= 0.6 is 11.3 Å². The number of carbonyl (C=O) groups excluding carboxylic acids is 2. The van der Waals surface area contributed by atoms with E-state index in [1.165, 1.54) is 4.90 Å². The van der Waals surface area contributed by atoms with Gasteiger partial charge in [0.25, 0.3) is 5.91 Å². The van der Waals surface area contributed by atoms with E-state index in [4.69, 9.17) is 4.74 Å². The maximum Gasteiger partial charge on any atom is 0.253 e. The van der Waals surface area contributed by atoms with Gasteiger partial charge in [0.2, 0.25) is 5.91 Å². The third-order valence-electron chi connectivity index (χ3n) is 3.12. The molecule has 0 aliphatic rings. The lowest BCUT2D eigenvalue weighted by Gasteiger charge is -2.15. The van der Waals surface area contributed by atoms with E-state index in [1.807, 2.05) is 24.4 Å². The van der Waals surface area contributed by atoms with Gasteiger partial charge in [-0.25, -0.2) is 0 Å². The fourth-order valence-electron chi connectivity index (χ4n) is 2.06. The fraction of sp³-hybridized carbons (Fsp3) is 0.294. The monoisotopic (exact) mass is 332 g/mol. The molecule has 2 aromatic rings. The summed E-state index contributed by atoms with van der Waals surface area (Å²) in [4.78, 5) is 26.7. The smallest absolute Gasteiger partial charge is 0.253 e. The van der Waals surface area contributed by atoms with Crippen LogP contribution in [0.3, 0.4) is 0 Å². The molecular formula is C17H20N2O3S. The summed E-state index contributed by atoms with van der Waals surface area (Å²) in [6.45, 7) is 2.31. The number of hydrogen-bond acceptors (Lipinski definition) is 4. The first-order chi connectivity index (χ1) is 11.0. The molecule has 5 nitrogen and oxygen atoms in total. The van der Waals surface area contributed by atoms with E-state index in [0.29, 0.717) is 30.0 Å². The van der Waals surface area contributed by atoms with Gasteiger partial charge in [0.05, 0.1) is 18.7 Å². The Balaban J connectivity index is 2.16. The van der Waals surface area contributed by atoms with Gasteiger partial charge in [0.15, 0.2) is 0 Å². The molecule has 23 heavy (non-hydrogen) atoms. The van der Waals surface area contributed by atoms with Gasteiger partial charge in [0, 0.05) is 24.5 Å². The van der Waals surface area contributed by atoms with Crippen molar-refractivity contribution in [3.05, 3.63) is 46.2 Å². The molecule has 0 radical (unpaired) electrons. The lowest BCUT2D eigenvalue weighted by Crippen LogP contribution is -2.22. The molecule has 6 heteroatoms. The number of carbonyl (C=O) groups is 2. The Morgan fingerprint density at radius 1 is 1.26 bits per heavy atom. The van der Waals surface area contributed by atoms with E-state index in [-0.39, 0.29) is 11.8 Å². The summed E-state index contributed by atoms with van der Waals surface area (Å²) in [5, 5.41) is 4.79. The highest BCUT2D eigenvalue weighted by Gasteiger charge is 2.14. The molecule has 1 aromatic carbocycles. The number of amides is 2. The second-order valence-corrected chi connectivity index (χ2v) is 6.18. The van der Waals surface area contributed by atoms with E-state index in [9.17, 15) is 9.59 Å². The fourth-order valence-corrected chi connectivity index (χ4v) is 2.76. The van der Waals surface area contributed by atoms with Crippen molar-refractivity contribution in [3.63, 3.8) is 0 Å². The van der Waals surface area contributed by atoms with Crippen molar-refractivity contribution in [2.24, 2.45) is 0 Å². The van der Waals surface area contributed by atoms with Crippen molar-refractivity contribution in [1.29, 1.82) is 0 Å². The first-order valence-electron chi connectivity index (χ1n) is 7.32. The highest BCUT2D eigenvalue weighted by atomic mass is 32.1. The Bertz CT molecular complexity index is 681. The highest BCUT2D eigenvalue weighted by molar-refractivity contribution is 7.10. The van der Waals surface area contributed by atoms with Crippen molar-refractivity contribution >= 4 is 28.8 Å². The third kappa shape index (κ3) is 4.56. The minimum atomic E-state index is -0.111. The van der Waals surface area contributed by atoms with Crippen LogP contribution in [0, 0.1) is 0 Å². The average Bonchev–Trinajstić information content (AvgIpc) is 3.01. The molecule has 0 fully saturated rings. The minimum absolute atomic E-state index is 0.109. The second kappa shape index (κ2) is 7.78. The van der Waals surface area contributed by atoms with Crippen molar-refractivity contribution in [2.45, 2.75) is 13.3 Å². The van der Waals surface area contributed by atoms with E-state index in [1.54, 1.807) is 43.6 Å². The van der Waals surface area contributed by atoms with E-state index >= 15 is 0 Å². The summed E-state index contributed by atoms with van der Waals surface area (Å²) in [7, 11) is 3.39. The van der Waals surface area contributed by atoms with Crippen molar-refractivity contribution in [1.82, 2.24) is 4.90 Å². The topological polar surface area (TPSA) is 58.6 Å². The number of hydrogen-bond donors (Lipinski definition) is 1. The molecule has 0 saturated heterocycles. The van der Waals surface area contributed by atoms with Gasteiger partial charge in [-0.2, -0.15) is 0 Å². The highest BCUT2D eigenvalue weighted by Crippen LogP contribution is 2.27. The van der Waals surface area contributed by atoms with Crippen LogP contribution in [0.4, 0.5) is 5.69 Å². The Morgan fingerprint density at radius 2 is 2.04 bits per heavy atom. The molecule has 0 saturated carbocycles. The van der Waals surface area contributed by atoms with Crippen molar-refractivity contribution in [2.75, 3.05) is 26.0 Å². The number of nitrogens with one attached hydrogen (secondary N) is 1. The normalized spacial score (nSPS) is 10.2. The molecular weight excluding hydrogens is 312 g/mol. The zero-order valence-electron chi connectivity index (χ0n) is 13.5. The summed E-state index contributed by atoms with van der Waals surface area (Å²) in [6.07, 6.45) is 0.321. The van der Waals surface area contributed by atoms with Gasteiger partial charge >= 0.3 is 0 Å². The number of nitrogens with zero attached hydrogens (tertiary/aromatic N) is 1. The van der Waals surface area contributed by atoms with Gasteiger partial charge in [0.1, 0.15) is 5.75 Å². The quantitative estimate of drug-likeness (QED) is 0.884. The zero-order chi connectivity index (χ0) is 16.8. The molecule has 0 atom stereocenters. The maximum absolute atomic E-state index is 12.1. The first-order valence-corrected chi connectivity index (χ1v) is 8.20. The predicted octanol–water partition coefficient (Wildman–Crippen LogP) is 3.03. The van der Waals surface area contributed by atoms with Gasteiger partial charge in [-0.1, -0.05) is 6.07 Å². The summed E-state index contributed by atoms with van der Waals surface area (Å²) < 4.78 is 5.56. The van der Waals surface area contributed by atoms with Gasteiger partial charge < -0.3 is 15.0 Å². The molecule has 2 rings (SSSR count). The number of ether oxygens (including phenoxy) is 1. The molecule has 1 N–H and O–H groups in total. The van der Waals surface area contributed by atoms with Gasteiger partial charge in [-0.15, -0.1) is 11.3 Å². The van der Waals surface area contributed by atoms with Crippen LogP contribution in [0.2, 0.25) is 0 Å². The summed E-state index contributed by atoms with van der Waals surface area (Å²) in [5.41, 5.74) is 1.10.